The van der Waals surface area contributed by atoms with Gasteiger partial charge in [0.2, 0.25) is 0 Å². The highest BCUT2D eigenvalue weighted by Crippen LogP contribution is 2.29. The highest BCUT2D eigenvalue weighted by molar-refractivity contribution is 6.32. The van der Waals surface area contributed by atoms with E-state index in [0.717, 1.165) is 5.56 Å². The molecular weight excluding hydrogens is 401 g/mol. The molecule has 0 saturated carbocycles. The van der Waals surface area contributed by atoms with Gasteiger partial charge in [-0.15, -0.1) is 11.6 Å². The van der Waals surface area contributed by atoms with Gasteiger partial charge in [0.15, 0.2) is 0 Å². The molecule has 1 aromatic carbocycles. The van der Waals surface area contributed by atoms with Crippen LogP contribution in [0.4, 0.5) is 5.69 Å². The zero-order valence-corrected chi connectivity index (χ0v) is 17.6. The van der Waals surface area contributed by atoms with E-state index in [0.29, 0.717) is 40.8 Å². The molecule has 2 aromatic rings. The van der Waals surface area contributed by atoms with E-state index in [1.807, 2.05) is 13.0 Å². The van der Waals surface area contributed by atoms with Gasteiger partial charge in [-0.1, -0.05) is 17.7 Å². The van der Waals surface area contributed by atoms with Crippen molar-refractivity contribution in [2.24, 2.45) is 0 Å². The monoisotopic (exact) mass is 423 g/mol. The molecule has 0 saturated heterocycles. The van der Waals surface area contributed by atoms with Gasteiger partial charge >= 0.3 is 0 Å². The number of carbonyl (C=O) groups excluding carboxylic acids is 2. The van der Waals surface area contributed by atoms with Crippen molar-refractivity contribution < 1.29 is 14.3 Å². The fourth-order valence-corrected chi connectivity index (χ4v) is 2.99. The lowest BCUT2D eigenvalue weighted by molar-refractivity contribution is 0.0935. The lowest BCUT2D eigenvalue weighted by atomic mass is 10.1. The quantitative estimate of drug-likeness (QED) is 0.494. The summed E-state index contributed by atoms with van der Waals surface area (Å²) in [6.45, 7) is 4.27. The largest absolute Gasteiger partial charge is 0.380 e. The SMILES string of the molecule is COCc1c(Cl)ccc(C)c1NC(=O)c1ccc(C)nc1C(=O)NCCCCl. The van der Waals surface area contributed by atoms with Crippen molar-refractivity contribution in [1.82, 2.24) is 10.3 Å². The van der Waals surface area contributed by atoms with Gasteiger partial charge in [-0.2, -0.15) is 0 Å². The number of amides is 2. The molecule has 2 N–H and O–H groups in total. The second-order valence-corrected chi connectivity index (χ2v) is 7.04. The van der Waals surface area contributed by atoms with Gasteiger partial charge in [0, 0.05) is 35.8 Å². The third-order valence-corrected chi connectivity index (χ3v) is 4.70. The van der Waals surface area contributed by atoms with Gasteiger partial charge in [0.1, 0.15) is 5.69 Å². The number of hydrogen-bond donors (Lipinski definition) is 2. The summed E-state index contributed by atoms with van der Waals surface area (Å²) in [5.74, 6) is -0.429. The summed E-state index contributed by atoms with van der Waals surface area (Å²) in [5, 5.41) is 6.08. The van der Waals surface area contributed by atoms with Gasteiger partial charge in [-0.3, -0.25) is 9.59 Å². The number of nitrogens with one attached hydrogen (secondary N) is 2. The Morgan fingerprint density at radius 3 is 2.57 bits per heavy atom. The number of methoxy groups -OCH3 is 1. The summed E-state index contributed by atoms with van der Waals surface area (Å²) in [6, 6.07) is 6.84. The zero-order chi connectivity index (χ0) is 20.7. The van der Waals surface area contributed by atoms with Gasteiger partial charge in [-0.25, -0.2) is 4.98 Å². The molecule has 2 rings (SSSR count). The third-order valence-electron chi connectivity index (χ3n) is 4.08. The first-order valence-electron chi connectivity index (χ1n) is 8.79. The smallest absolute Gasteiger partial charge is 0.270 e. The summed E-state index contributed by atoms with van der Waals surface area (Å²) < 4.78 is 5.20. The lowest BCUT2D eigenvalue weighted by Gasteiger charge is -2.16. The molecule has 0 unspecified atom stereocenters. The summed E-state index contributed by atoms with van der Waals surface area (Å²) >= 11 is 11.9. The summed E-state index contributed by atoms with van der Waals surface area (Å²) in [6.07, 6.45) is 0.628. The Morgan fingerprint density at radius 2 is 1.89 bits per heavy atom. The number of anilines is 1. The van der Waals surface area contributed by atoms with E-state index in [2.05, 4.69) is 15.6 Å². The normalized spacial score (nSPS) is 10.6. The molecule has 0 fully saturated rings. The standard InChI is InChI=1S/C20H23Cl2N3O3/c1-12-5-8-16(22)15(11-28-3)17(12)25-19(26)14-7-6-13(2)24-18(14)20(27)23-10-4-9-21/h5-8H,4,9-11H2,1-3H3,(H,23,27)(H,25,26). The molecule has 0 radical (unpaired) electrons. The number of aryl methyl sites for hydroxylation is 2. The highest BCUT2D eigenvalue weighted by Gasteiger charge is 2.21. The van der Waals surface area contributed by atoms with Gasteiger partial charge in [0.25, 0.3) is 11.8 Å². The maximum atomic E-state index is 13.0. The Balaban J connectivity index is 2.35. The van der Waals surface area contributed by atoms with E-state index in [1.54, 1.807) is 32.2 Å². The maximum absolute atomic E-state index is 13.0. The number of ether oxygens (including phenoxy) is 1. The maximum Gasteiger partial charge on any atom is 0.270 e. The number of benzene rings is 1. The van der Waals surface area contributed by atoms with E-state index in [-0.39, 0.29) is 17.9 Å². The van der Waals surface area contributed by atoms with Gasteiger partial charge in [-0.05, 0) is 44.0 Å². The molecular formula is C20H23Cl2N3O3. The van der Waals surface area contributed by atoms with Crippen molar-refractivity contribution in [3.05, 3.63) is 57.4 Å². The van der Waals surface area contributed by atoms with Gasteiger partial charge in [0.05, 0.1) is 17.9 Å². The fourth-order valence-electron chi connectivity index (χ4n) is 2.65. The topological polar surface area (TPSA) is 80.3 Å². The fraction of sp³-hybridized carbons (Fsp3) is 0.350. The highest BCUT2D eigenvalue weighted by atomic mass is 35.5. The van der Waals surface area contributed by atoms with Crippen LogP contribution in [0.5, 0.6) is 0 Å². The number of carbonyl (C=O) groups is 2. The van der Waals surface area contributed by atoms with Crippen LogP contribution >= 0.6 is 23.2 Å². The predicted octanol–water partition coefficient (Wildman–Crippen LogP) is 4.11. The van der Waals surface area contributed by atoms with Crippen LogP contribution in [0.3, 0.4) is 0 Å². The average molecular weight is 424 g/mol. The molecule has 2 amide bonds. The van der Waals surface area contributed by atoms with Crippen LogP contribution < -0.4 is 10.6 Å². The molecule has 0 aliphatic rings. The predicted molar refractivity (Wildman–Crippen MR) is 111 cm³/mol. The molecule has 0 bridgehead atoms. The molecule has 0 aliphatic heterocycles. The van der Waals surface area contributed by atoms with E-state index < -0.39 is 11.8 Å². The number of hydrogen-bond acceptors (Lipinski definition) is 4. The van der Waals surface area contributed by atoms with Crippen molar-refractivity contribution in [1.29, 1.82) is 0 Å². The van der Waals surface area contributed by atoms with Crippen LogP contribution in [-0.4, -0.2) is 36.3 Å². The number of halogens is 2. The van der Waals surface area contributed by atoms with Crippen LogP contribution in [0.1, 0.15) is 44.1 Å². The van der Waals surface area contributed by atoms with Crippen LogP contribution in [0, 0.1) is 13.8 Å². The van der Waals surface area contributed by atoms with Crippen LogP contribution in [-0.2, 0) is 11.3 Å². The second-order valence-electron chi connectivity index (χ2n) is 6.25. The van der Waals surface area contributed by atoms with E-state index >= 15 is 0 Å². The third kappa shape index (κ3) is 5.44. The van der Waals surface area contributed by atoms with Crippen molar-refractivity contribution in [2.45, 2.75) is 26.9 Å². The van der Waals surface area contributed by atoms with Crippen LogP contribution in [0.15, 0.2) is 24.3 Å². The first-order valence-corrected chi connectivity index (χ1v) is 9.70. The van der Waals surface area contributed by atoms with E-state index in [9.17, 15) is 9.59 Å². The lowest BCUT2D eigenvalue weighted by Crippen LogP contribution is -2.29. The second kappa shape index (κ2) is 10.4. The van der Waals surface area contributed by atoms with E-state index in [4.69, 9.17) is 27.9 Å². The minimum Gasteiger partial charge on any atom is -0.380 e. The molecule has 28 heavy (non-hydrogen) atoms. The molecule has 0 atom stereocenters. The van der Waals surface area contributed by atoms with Crippen molar-refractivity contribution in [3.8, 4) is 0 Å². The minimum absolute atomic E-state index is 0.0695. The molecule has 1 aromatic heterocycles. The van der Waals surface area contributed by atoms with Crippen molar-refractivity contribution >= 4 is 40.7 Å². The molecule has 0 spiro atoms. The number of nitrogens with zero attached hydrogens (tertiary/aromatic N) is 1. The Labute approximate surface area is 174 Å². The molecule has 150 valence electrons. The Hall–Kier alpha value is -2.15. The molecule has 6 nitrogen and oxygen atoms in total. The number of alkyl halides is 1. The van der Waals surface area contributed by atoms with E-state index in [1.165, 1.54) is 0 Å². The van der Waals surface area contributed by atoms with Gasteiger partial charge < -0.3 is 15.4 Å². The van der Waals surface area contributed by atoms with Crippen molar-refractivity contribution in [2.75, 3.05) is 24.9 Å². The van der Waals surface area contributed by atoms with Crippen LogP contribution in [0.25, 0.3) is 0 Å². The first-order chi connectivity index (χ1) is 13.4. The average Bonchev–Trinajstić information content (AvgIpc) is 2.67. The minimum atomic E-state index is -0.447. The Kier molecular flexibility index (Phi) is 8.23. The zero-order valence-electron chi connectivity index (χ0n) is 16.1. The molecule has 1 heterocycles. The van der Waals surface area contributed by atoms with Crippen molar-refractivity contribution in [3.63, 3.8) is 0 Å². The first kappa shape index (κ1) is 22.1. The summed E-state index contributed by atoms with van der Waals surface area (Å²) in [5.41, 5.74) is 2.95. The summed E-state index contributed by atoms with van der Waals surface area (Å²) in [4.78, 5) is 29.7. The Bertz CT molecular complexity index is 872. The molecule has 8 heteroatoms. The molecule has 0 aliphatic carbocycles. The number of pyridine rings is 1. The number of aromatic nitrogens is 1. The summed E-state index contributed by atoms with van der Waals surface area (Å²) in [7, 11) is 1.55. The number of rotatable bonds is 8. The van der Waals surface area contributed by atoms with Crippen LogP contribution in [0.2, 0.25) is 5.02 Å². The Morgan fingerprint density at radius 1 is 1.14 bits per heavy atom.